The van der Waals surface area contributed by atoms with Gasteiger partial charge >= 0.3 is 0 Å². The zero-order valence-electron chi connectivity index (χ0n) is 10.8. The van der Waals surface area contributed by atoms with Crippen LogP contribution in [0, 0.1) is 17.2 Å². The minimum Gasteiger partial charge on any atom is -0.336 e. The molecule has 0 aliphatic carbocycles. The number of carbonyl (C=O) groups excluding carboxylic acids is 1. The van der Waals surface area contributed by atoms with E-state index in [4.69, 9.17) is 23.2 Å². The van der Waals surface area contributed by atoms with E-state index >= 15 is 0 Å². The van der Waals surface area contributed by atoms with Crippen LogP contribution in [0.5, 0.6) is 0 Å². The molecule has 0 bridgehead atoms. The summed E-state index contributed by atoms with van der Waals surface area (Å²) in [7, 11) is -3.15. The summed E-state index contributed by atoms with van der Waals surface area (Å²) in [6, 6.07) is 5.76. The maximum Gasteiger partial charge on any atom is 0.225 e. The second-order valence-electron chi connectivity index (χ2n) is 4.81. The highest BCUT2D eigenvalue weighted by Gasteiger charge is 2.34. The number of carbonyl (C=O) groups is 1. The van der Waals surface area contributed by atoms with Crippen molar-refractivity contribution in [3.63, 3.8) is 0 Å². The molecule has 1 aliphatic rings. The summed E-state index contributed by atoms with van der Waals surface area (Å²) in [6.45, 7) is 0. The molecular formula is C13H12Cl2N2O3S. The fourth-order valence-electron chi connectivity index (χ4n) is 2.18. The van der Waals surface area contributed by atoms with E-state index in [-0.39, 0.29) is 28.0 Å². The average Bonchev–Trinajstić information content (AvgIpc) is 2.80. The van der Waals surface area contributed by atoms with Crippen molar-refractivity contribution >= 4 is 38.9 Å². The van der Waals surface area contributed by atoms with Crippen LogP contribution in [-0.4, -0.2) is 25.8 Å². The number of rotatable bonds is 3. The van der Waals surface area contributed by atoms with Crippen molar-refractivity contribution in [3.05, 3.63) is 33.8 Å². The number of amides is 1. The molecule has 1 N–H and O–H groups in total. The summed E-state index contributed by atoms with van der Waals surface area (Å²) in [5.74, 6) is -1.26. The lowest BCUT2D eigenvalue weighted by molar-refractivity contribution is -0.124. The Kier molecular flexibility index (Phi) is 4.77. The Hall–Kier alpha value is -1.29. The first-order chi connectivity index (χ1) is 9.84. The van der Waals surface area contributed by atoms with Crippen molar-refractivity contribution in [2.24, 2.45) is 5.92 Å². The lowest BCUT2D eigenvalue weighted by atomic mass is 10.0. The summed E-state index contributed by atoms with van der Waals surface area (Å²) < 4.78 is 22.8. The molecule has 1 aromatic carbocycles. The van der Waals surface area contributed by atoms with E-state index in [1.54, 1.807) is 18.2 Å². The molecule has 2 unspecified atom stereocenters. The molecule has 1 saturated heterocycles. The van der Waals surface area contributed by atoms with Crippen LogP contribution in [0.1, 0.15) is 18.0 Å². The summed E-state index contributed by atoms with van der Waals surface area (Å²) in [6.07, 6.45) is 0.273. The number of nitriles is 1. The molecule has 1 heterocycles. The van der Waals surface area contributed by atoms with Crippen molar-refractivity contribution in [2.75, 3.05) is 11.5 Å². The van der Waals surface area contributed by atoms with E-state index < -0.39 is 27.7 Å². The molecule has 0 saturated carbocycles. The average molecular weight is 347 g/mol. The maximum absolute atomic E-state index is 12.1. The van der Waals surface area contributed by atoms with Crippen LogP contribution >= 0.6 is 23.2 Å². The number of benzene rings is 1. The van der Waals surface area contributed by atoms with Crippen LogP contribution in [-0.2, 0) is 14.6 Å². The lowest BCUT2D eigenvalue weighted by Gasteiger charge is -2.16. The molecule has 21 heavy (non-hydrogen) atoms. The quantitative estimate of drug-likeness (QED) is 0.907. The van der Waals surface area contributed by atoms with Crippen molar-refractivity contribution in [2.45, 2.75) is 12.5 Å². The molecule has 8 heteroatoms. The van der Waals surface area contributed by atoms with E-state index in [1.807, 2.05) is 6.07 Å². The standard InChI is InChI=1S/C13H12Cl2N2O3S/c14-10-3-1-2-9(12(10)15)11(6-16)17-13(18)8-4-5-21(19,20)7-8/h1-3,8,11H,4-5,7H2,(H,17,18). The number of halogens is 2. The number of nitrogens with one attached hydrogen (secondary N) is 1. The van der Waals surface area contributed by atoms with Gasteiger partial charge in [0, 0.05) is 5.56 Å². The fourth-order valence-corrected chi connectivity index (χ4v) is 4.34. The highest BCUT2D eigenvalue weighted by molar-refractivity contribution is 7.91. The van der Waals surface area contributed by atoms with E-state index in [0.29, 0.717) is 5.56 Å². The largest absolute Gasteiger partial charge is 0.336 e. The number of sulfone groups is 1. The van der Waals surface area contributed by atoms with E-state index in [2.05, 4.69) is 5.32 Å². The molecular weight excluding hydrogens is 335 g/mol. The van der Waals surface area contributed by atoms with Crippen LogP contribution in [0.3, 0.4) is 0 Å². The highest BCUT2D eigenvalue weighted by atomic mass is 35.5. The normalized spacial score (nSPS) is 21.5. The molecule has 5 nitrogen and oxygen atoms in total. The van der Waals surface area contributed by atoms with Crippen LogP contribution in [0.4, 0.5) is 0 Å². The molecule has 2 atom stereocenters. The summed E-state index contributed by atoms with van der Waals surface area (Å²) >= 11 is 11.9. The van der Waals surface area contributed by atoms with E-state index in [1.165, 1.54) is 0 Å². The van der Waals surface area contributed by atoms with Crippen molar-refractivity contribution in [1.82, 2.24) is 5.32 Å². The van der Waals surface area contributed by atoms with Gasteiger partial charge in [-0.15, -0.1) is 0 Å². The van der Waals surface area contributed by atoms with Crippen molar-refractivity contribution < 1.29 is 13.2 Å². The molecule has 1 aromatic rings. The van der Waals surface area contributed by atoms with Gasteiger partial charge in [0.05, 0.1) is 33.5 Å². The van der Waals surface area contributed by atoms with Gasteiger partial charge in [0.25, 0.3) is 0 Å². The van der Waals surface area contributed by atoms with Gasteiger partial charge in [-0.25, -0.2) is 8.42 Å². The second-order valence-corrected chi connectivity index (χ2v) is 7.83. The minimum absolute atomic E-state index is 0.000226. The number of nitrogens with zero attached hydrogens (tertiary/aromatic N) is 1. The molecule has 0 spiro atoms. The van der Waals surface area contributed by atoms with Crippen molar-refractivity contribution in [1.29, 1.82) is 5.26 Å². The minimum atomic E-state index is -3.15. The molecule has 1 amide bonds. The third-order valence-corrected chi connectivity index (χ3v) is 5.91. The highest BCUT2D eigenvalue weighted by Crippen LogP contribution is 2.30. The van der Waals surface area contributed by atoms with Gasteiger partial charge in [-0.2, -0.15) is 5.26 Å². The molecule has 0 aromatic heterocycles. The Morgan fingerprint density at radius 1 is 1.43 bits per heavy atom. The molecule has 1 aliphatic heterocycles. The van der Waals surface area contributed by atoms with Gasteiger partial charge in [-0.3, -0.25) is 4.79 Å². The first-order valence-electron chi connectivity index (χ1n) is 6.18. The molecule has 112 valence electrons. The topological polar surface area (TPSA) is 87.0 Å². The predicted molar refractivity (Wildman–Crippen MR) is 79.7 cm³/mol. The lowest BCUT2D eigenvalue weighted by Crippen LogP contribution is -2.34. The predicted octanol–water partition coefficient (Wildman–Crippen LogP) is 2.11. The van der Waals surface area contributed by atoms with Crippen molar-refractivity contribution in [3.8, 4) is 6.07 Å². The van der Waals surface area contributed by atoms with Crippen LogP contribution in [0.25, 0.3) is 0 Å². The third-order valence-electron chi connectivity index (χ3n) is 3.31. The monoisotopic (exact) mass is 346 g/mol. The Morgan fingerprint density at radius 2 is 2.14 bits per heavy atom. The number of hydrogen-bond acceptors (Lipinski definition) is 4. The molecule has 0 radical (unpaired) electrons. The van der Waals surface area contributed by atoms with Gasteiger partial charge in [0.15, 0.2) is 9.84 Å². The van der Waals surface area contributed by atoms with Gasteiger partial charge in [-0.05, 0) is 12.5 Å². The second kappa shape index (κ2) is 6.22. The van der Waals surface area contributed by atoms with Gasteiger partial charge < -0.3 is 5.32 Å². The first kappa shape index (κ1) is 16.1. The Bertz CT molecular complexity index is 713. The van der Waals surface area contributed by atoms with Crippen LogP contribution in [0.2, 0.25) is 10.0 Å². The van der Waals surface area contributed by atoms with Gasteiger partial charge in [-0.1, -0.05) is 35.3 Å². The van der Waals surface area contributed by atoms with E-state index in [0.717, 1.165) is 0 Å². The fraction of sp³-hybridized carbons (Fsp3) is 0.385. The van der Waals surface area contributed by atoms with Gasteiger partial charge in [0.2, 0.25) is 5.91 Å². The summed E-state index contributed by atoms with van der Waals surface area (Å²) in [5, 5.41) is 12.2. The smallest absolute Gasteiger partial charge is 0.225 e. The zero-order valence-corrected chi connectivity index (χ0v) is 13.2. The SMILES string of the molecule is N#CC(NC(=O)C1CCS(=O)(=O)C1)c1cccc(Cl)c1Cl. The zero-order chi connectivity index (χ0) is 15.6. The maximum atomic E-state index is 12.1. The Balaban J connectivity index is 2.15. The van der Waals surface area contributed by atoms with Crippen LogP contribution in [0.15, 0.2) is 18.2 Å². The molecule has 2 rings (SSSR count). The summed E-state index contributed by atoms with van der Waals surface area (Å²) in [5.41, 5.74) is 0.390. The first-order valence-corrected chi connectivity index (χ1v) is 8.76. The molecule has 1 fully saturated rings. The van der Waals surface area contributed by atoms with E-state index in [9.17, 15) is 18.5 Å². The third kappa shape index (κ3) is 3.67. The Morgan fingerprint density at radius 3 is 2.71 bits per heavy atom. The van der Waals surface area contributed by atoms with Gasteiger partial charge in [0.1, 0.15) is 6.04 Å². The Labute approximate surface area is 132 Å². The van der Waals surface area contributed by atoms with Crippen LogP contribution < -0.4 is 5.32 Å². The summed E-state index contributed by atoms with van der Waals surface area (Å²) in [4.78, 5) is 12.1. The number of hydrogen-bond donors (Lipinski definition) is 1.